The van der Waals surface area contributed by atoms with Crippen molar-refractivity contribution < 1.29 is 9.53 Å². The van der Waals surface area contributed by atoms with Crippen LogP contribution in [-0.4, -0.2) is 32.2 Å². The number of ether oxygens (including phenoxy) is 1. The van der Waals surface area contributed by atoms with Gasteiger partial charge in [-0.3, -0.25) is 0 Å². The van der Waals surface area contributed by atoms with E-state index in [-0.39, 0.29) is 5.97 Å². The average Bonchev–Trinajstić information content (AvgIpc) is 2.23. The van der Waals surface area contributed by atoms with Gasteiger partial charge in [0.1, 0.15) is 0 Å². The number of nitrogens with one attached hydrogen (secondary N) is 2. The Morgan fingerprint density at radius 1 is 1.50 bits per heavy atom. The average molecular weight is 220 g/mol. The Morgan fingerprint density at radius 2 is 2.25 bits per heavy atom. The van der Waals surface area contributed by atoms with Crippen LogP contribution in [0.15, 0.2) is 18.2 Å². The third-order valence-electron chi connectivity index (χ3n) is 2.79. The van der Waals surface area contributed by atoms with Crippen molar-refractivity contribution in [1.29, 1.82) is 0 Å². The molecule has 1 aromatic carbocycles. The predicted octanol–water partition coefficient (Wildman–Crippen LogP) is 1.17. The first-order valence-electron chi connectivity index (χ1n) is 5.37. The molecule has 0 aromatic heterocycles. The van der Waals surface area contributed by atoms with E-state index in [0.717, 1.165) is 24.3 Å². The van der Waals surface area contributed by atoms with Crippen LogP contribution >= 0.6 is 0 Å². The second-order valence-electron chi connectivity index (χ2n) is 4.02. The summed E-state index contributed by atoms with van der Waals surface area (Å²) in [6.45, 7) is 3.98. The van der Waals surface area contributed by atoms with E-state index >= 15 is 0 Å². The van der Waals surface area contributed by atoms with Crippen LogP contribution in [0.3, 0.4) is 0 Å². The Hall–Kier alpha value is -1.55. The van der Waals surface area contributed by atoms with Crippen molar-refractivity contribution in [1.82, 2.24) is 5.32 Å². The van der Waals surface area contributed by atoms with Crippen molar-refractivity contribution in [2.45, 2.75) is 13.0 Å². The molecule has 0 aliphatic carbocycles. The van der Waals surface area contributed by atoms with Crippen LogP contribution in [0.5, 0.6) is 0 Å². The van der Waals surface area contributed by atoms with Crippen molar-refractivity contribution in [2.75, 3.05) is 25.5 Å². The fourth-order valence-electron chi connectivity index (χ4n) is 1.68. The first-order chi connectivity index (χ1) is 7.70. The molecule has 2 N–H and O–H groups in total. The Morgan fingerprint density at radius 3 is 2.75 bits per heavy atom. The van der Waals surface area contributed by atoms with Gasteiger partial charge >= 0.3 is 5.97 Å². The van der Waals surface area contributed by atoms with Gasteiger partial charge in [0.25, 0.3) is 0 Å². The highest BCUT2D eigenvalue weighted by atomic mass is 16.5. The molecule has 0 saturated carbocycles. The lowest BCUT2D eigenvalue weighted by molar-refractivity contribution is 0.0600. The molecule has 4 nitrogen and oxygen atoms in total. The molecule has 86 valence electrons. The number of rotatable bonds is 3. The van der Waals surface area contributed by atoms with Gasteiger partial charge < -0.3 is 15.4 Å². The molecule has 1 heterocycles. The zero-order valence-corrected chi connectivity index (χ0v) is 9.54. The highest BCUT2D eigenvalue weighted by Crippen LogP contribution is 2.18. The number of hydrogen-bond acceptors (Lipinski definition) is 4. The van der Waals surface area contributed by atoms with Gasteiger partial charge in [0.05, 0.1) is 18.7 Å². The van der Waals surface area contributed by atoms with E-state index in [1.807, 2.05) is 19.1 Å². The summed E-state index contributed by atoms with van der Waals surface area (Å²) in [6, 6.07) is 6.07. The summed E-state index contributed by atoms with van der Waals surface area (Å²) in [6.07, 6.45) is 0. The Labute approximate surface area is 95.0 Å². The van der Waals surface area contributed by atoms with E-state index in [4.69, 9.17) is 0 Å². The molecule has 1 fully saturated rings. The third-order valence-corrected chi connectivity index (χ3v) is 2.79. The Kier molecular flexibility index (Phi) is 3.10. The van der Waals surface area contributed by atoms with Crippen molar-refractivity contribution >= 4 is 11.7 Å². The Bertz CT molecular complexity index is 400. The van der Waals surface area contributed by atoms with Crippen LogP contribution in [0.25, 0.3) is 0 Å². The number of carbonyl (C=O) groups excluding carboxylic acids is 1. The number of anilines is 1. The summed E-state index contributed by atoms with van der Waals surface area (Å²) in [5, 5.41) is 6.62. The van der Waals surface area contributed by atoms with Crippen molar-refractivity contribution in [3.63, 3.8) is 0 Å². The number of aryl methyl sites for hydroxylation is 1. The van der Waals surface area contributed by atoms with Gasteiger partial charge in [0, 0.05) is 18.8 Å². The minimum absolute atomic E-state index is 0.292. The second-order valence-corrected chi connectivity index (χ2v) is 4.02. The van der Waals surface area contributed by atoms with Crippen LogP contribution in [0, 0.1) is 6.92 Å². The molecular formula is C12H16N2O2. The van der Waals surface area contributed by atoms with E-state index < -0.39 is 0 Å². The van der Waals surface area contributed by atoms with E-state index in [1.165, 1.54) is 7.11 Å². The summed E-state index contributed by atoms with van der Waals surface area (Å²) in [5.41, 5.74) is 2.74. The fourth-order valence-corrected chi connectivity index (χ4v) is 1.68. The minimum atomic E-state index is -0.292. The van der Waals surface area contributed by atoms with E-state index in [1.54, 1.807) is 6.07 Å². The lowest BCUT2D eigenvalue weighted by Gasteiger charge is -2.29. The second kappa shape index (κ2) is 4.53. The molecule has 0 atom stereocenters. The van der Waals surface area contributed by atoms with E-state index in [0.29, 0.717) is 11.6 Å². The molecule has 1 aliphatic rings. The molecule has 1 aliphatic heterocycles. The number of hydrogen-bond donors (Lipinski definition) is 2. The first-order valence-corrected chi connectivity index (χ1v) is 5.37. The lowest BCUT2D eigenvalue weighted by atomic mass is 10.1. The van der Waals surface area contributed by atoms with Crippen LogP contribution in [0.1, 0.15) is 15.9 Å². The van der Waals surface area contributed by atoms with Crippen LogP contribution in [0.4, 0.5) is 5.69 Å². The van der Waals surface area contributed by atoms with Gasteiger partial charge in [-0.1, -0.05) is 0 Å². The molecule has 2 rings (SSSR count). The molecule has 16 heavy (non-hydrogen) atoms. The van der Waals surface area contributed by atoms with Crippen LogP contribution in [-0.2, 0) is 4.74 Å². The zero-order chi connectivity index (χ0) is 11.5. The SMILES string of the molecule is COC(=O)c1ccc(NC2CNC2)c(C)c1. The standard InChI is InChI=1S/C12H16N2O2/c1-8-5-9(12(15)16-2)3-4-11(8)14-10-6-13-7-10/h3-5,10,13-14H,6-7H2,1-2H3. The minimum Gasteiger partial charge on any atom is -0.465 e. The van der Waals surface area contributed by atoms with Gasteiger partial charge in [-0.05, 0) is 30.7 Å². The van der Waals surface area contributed by atoms with Crippen molar-refractivity contribution in [3.05, 3.63) is 29.3 Å². The van der Waals surface area contributed by atoms with Gasteiger partial charge in [-0.15, -0.1) is 0 Å². The lowest BCUT2D eigenvalue weighted by Crippen LogP contribution is -2.51. The molecular weight excluding hydrogens is 204 g/mol. The molecule has 0 radical (unpaired) electrons. The first kappa shape index (κ1) is 11.0. The smallest absolute Gasteiger partial charge is 0.337 e. The van der Waals surface area contributed by atoms with Crippen molar-refractivity contribution in [2.24, 2.45) is 0 Å². The predicted molar refractivity (Wildman–Crippen MR) is 62.8 cm³/mol. The fraction of sp³-hybridized carbons (Fsp3) is 0.417. The molecule has 0 spiro atoms. The number of benzene rings is 1. The molecule has 1 saturated heterocycles. The third kappa shape index (κ3) is 2.17. The van der Waals surface area contributed by atoms with Crippen LogP contribution < -0.4 is 10.6 Å². The molecule has 1 aromatic rings. The maximum atomic E-state index is 11.3. The summed E-state index contributed by atoms with van der Waals surface area (Å²) in [7, 11) is 1.39. The van der Waals surface area contributed by atoms with Gasteiger partial charge in [-0.2, -0.15) is 0 Å². The van der Waals surface area contributed by atoms with Crippen molar-refractivity contribution in [3.8, 4) is 0 Å². The quantitative estimate of drug-likeness (QED) is 0.751. The Balaban J connectivity index is 2.12. The number of esters is 1. The van der Waals surface area contributed by atoms with Gasteiger partial charge in [-0.25, -0.2) is 4.79 Å². The largest absolute Gasteiger partial charge is 0.465 e. The summed E-state index contributed by atoms with van der Waals surface area (Å²) >= 11 is 0. The molecule has 4 heteroatoms. The molecule has 0 unspecified atom stereocenters. The monoisotopic (exact) mass is 220 g/mol. The number of carbonyl (C=O) groups is 1. The summed E-state index contributed by atoms with van der Waals surface area (Å²) < 4.78 is 4.68. The zero-order valence-electron chi connectivity index (χ0n) is 9.54. The maximum absolute atomic E-state index is 11.3. The van der Waals surface area contributed by atoms with Crippen LogP contribution in [0.2, 0.25) is 0 Å². The highest BCUT2D eigenvalue weighted by molar-refractivity contribution is 5.90. The topological polar surface area (TPSA) is 50.4 Å². The molecule has 0 amide bonds. The van der Waals surface area contributed by atoms with Gasteiger partial charge in [0.15, 0.2) is 0 Å². The summed E-state index contributed by atoms with van der Waals surface area (Å²) in [4.78, 5) is 11.3. The molecule has 0 bridgehead atoms. The van der Waals surface area contributed by atoms with E-state index in [9.17, 15) is 4.79 Å². The highest BCUT2D eigenvalue weighted by Gasteiger charge is 2.17. The van der Waals surface area contributed by atoms with Gasteiger partial charge in [0.2, 0.25) is 0 Å². The number of methoxy groups -OCH3 is 1. The normalized spacial score (nSPS) is 15.4. The van der Waals surface area contributed by atoms with E-state index in [2.05, 4.69) is 15.4 Å². The summed E-state index contributed by atoms with van der Waals surface area (Å²) in [5.74, 6) is -0.292. The maximum Gasteiger partial charge on any atom is 0.337 e.